The van der Waals surface area contributed by atoms with Crippen molar-refractivity contribution in [2.45, 2.75) is 37.4 Å². The second-order valence-corrected chi connectivity index (χ2v) is 8.61. The van der Waals surface area contributed by atoms with Gasteiger partial charge in [-0.05, 0) is 44.4 Å². The number of anilines is 1. The van der Waals surface area contributed by atoms with Gasteiger partial charge in [-0.1, -0.05) is 0 Å². The molecular weight excluding hydrogens is 398 g/mol. The van der Waals surface area contributed by atoms with Crippen LogP contribution in [0.1, 0.15) is 26.2 Å². The predicted octanol–water partition coefficient (Wildman–Crippen LogP) is 1.14. The zero-order valence-electron chi connectivity index (χ0n) is 18.0. The molecule has 0 bridgehead atoms. The lowest BCUT2D eigenvalue weighted by Gasteiger charge is -2.38. The van der Waals surface area contributed by atoms with Gasteiger partial charge in [-0.15, -0.1) is 0 Å². The van der Waals surface area contributed by atoms with Crippen molar-refractivity contribution in [3.63, 3.8) is 0 Å². The molecule has 0 unspecified atom stereocenters. The molecule has 0 aromatic carbocycles. The van der Waals surface area contributed by atoms with E-state index in [-0.39, 0.29) is 6.09 Å². The van der Waals surface area contributed by atoms with E-state index in [0.717, 1.165) is 23.3 Å². The van der Waals surface area contributed by atoms with Gasteiger partial charge in [0, 0.05) is 51.7 Å². The average Bonchev–Trinajstić information content (AvgIpc) is 3.15. The largest absolute Gasteiger partial charge is 0.450 e. The Balaban J connectivity index is 1.29. The normalized spacial score (nSPS) is 23.3. The summed E-state index contributed by atoms with van der Waals surface area (Å²) in [6.07, 6.45) is 4.80. The van der Waals surface area contributed by atoms with Gasteiger partial charge in [0.1, 0.15) is 5.52 Å². The summed E-state index contributed by atoms with van der Waals surface area (Å²) in [7, 11) is 0. The standard InChI is InChI=1S/C22H31N5O4/c1-2-31-20(28)26-11-6-21(29,7-12-26)14-23-15-22(30)8-13-27(16-22)18-5-10-24-17-4-3-9-25-19(17)18/h3-5,9-10,23,29-30H,2,6-8,11-16H2,1H3/t22-/m0/s1. The number of carbonyl (C=O) groups excluding carboxylic acids is 1. The molecule has 0 saturated carbocycles. The van der Waals surface area contributed by atoms with E-state index < -0.39 is 11.2 Å². The Morgan fingerprint density at radius 2 is 1.84 bits per heavy atom. The Morgan fingerprint density at radius 1 is 1.10 bits per heavy atom. The smallest absolute Gasteiger partial charge is 0.409 e. The van der Waals surface area contributed by atoms with E-state index in [0.29, 0.717) is 58.6 Å². The first kappa shape index (κ1) is 21.7. The summed E-state index contributed by atoms with van der Waals surface area (Å²) in [5.74, 6) is 0. The van der Waals surface area contributed by atoms with E-state index in [1.54, 1.807) is 24.2 Å². The van der Waals surface area contributed by atoms with E-state index in [1.165, 1.54) is 0 Å². The fourth-order valence-electron chi connectivity index (χ4n) is 4.45. The second-order valence-electron chi connectivity index (χ2n) is 8.61. The van der Waals surface area contributed by atoms with Crippen LogP contribution in [0.3, 0.4) is 0 Å². The van der Waals surface area contributed by atoms with Gasteiger partial charge < -0.3 is 30.1 Å². The molecule has 2 aliphatic rings. The minimum Gasteiger partial charge on any atom is -0.450 e. The Kier molecular flexibility index (Phi) is 6.27. The molecule has 3 N–H and O–H groups in total. The first-order chi connectivity index (χ1) is 14.9. The zero-order chi connectivity index (χ0) is 21.9. The molecule has 9 nitrogen and oxygen atoms in total. The number of ether oxygens (including phenoxy) is 1. The van der Waals surface area contributed by atoms with Gasteiger partial charge in [0.05, 0.1) is 29.0 Å². The number of likely N-dealkylation sites (tertiary alicyclic amines) is 1. The first-order valence-corrected chi connectivity index (χ1v) is 10.9. The third-order valence-electron chi connectivity index (χ3n) is 6.28. The zero-order valence-corrected chi connectivity index (χ0v) is 18.0. The molecule has 31 heavy (non-hydrogen) atoms. The van der Waals surface area contributed by atoms with Gasteiger partial charge in [0.25, 0.3) is 0 Å². The molecule has 2 saturated heterocycles. The average molecular weight is 430 g/mol. The van der Waals surface area contributed by atoms with Crippen LogP contribution in [0.2, 0.25) is 0 Å². The minimum atomic E-state index is -0.886. The van der Waals surface area contributed by atoms with Crippen LogP contribution < -0.4 is 10.2 Å². The summed E-state index contributed by atoms with van der Waals surface area (Å²) in [6, 6.07) is 5.74. The van der Waals surface area contributed by atoms with Gasteiger partial charge >= 0.3 is 6.09 Å². The van der Waals surface area contributed by atoms with Crippen molar-refractivity contribution in [3.05, 3.63) is 30.6 Å². The summed E-state index contributed by atoms with van der Waals surface area (Å²) in [6.45, 7) is 5.06. The minimum absolute atomic E-state index is 0.323. The molecule has 2 aliphatic heterocycles. The highest BCUT2D eigenvalue weighted by atomic mass is 16.6. The van der Waals surface area contributed by atoms with Crippen LogP contribution in [0.5, 0.6) is 0 Å². The molecule has 0 spiro atoms. The number of aliphatic hydroxyl groups is 2. The number of aromatic nitrogens is 2. The van der Waals surface area contributed by atoms with E-state index in [9.17, 15) is 15.0 Å². The number of amides is 1. The molecule has 1 atom stereocenters. The summed E-state index contributed by atoms with van der Waals surface area (Å²) in [4.78, 5) is 24.4. The Hall–Kier alpha value is -2.49. The van der Waals surface area contributed by atoms with Crippen molar-refractivity contribution < 1.29 is 19.7 Å². The Morgan fingerprint density at radius 3 is 2.61 bits per heavy atom. The number of piperidine rings is 1. The number of nitrogens with one attached hydrogen (secondary N) is 1. The lowest BCUT2D eigenvalue weighted by Crippen LogP contribution is -2.53. The van der Waals surface area contributed by atoms with Gasteiger partial charge in [-0.2, -0.15) is 0 Å². The highest BCUT2D eigenvalue weighted by Gasteiger charge is 2.38. The van der Waals surface area contributed by atoms with E-state index in [1.807, 2.05) is 18.2 Å². The van der Waals surface area contributed by atoms with Gasteiger partial charge in [-0.25, -0.2) is 4.79 Å². The number of hydrogen-bond donors (Lipinski definition) is 3. The van der Waals surface area contributed by atoms with Gasteiger partial charge in [-0.3, -0.25) is 9.97 Å². The number of nitrogens with zero attached hydrogens (tertiary/aromatic N) is 4. The highest BCUT2D eigenvalue weighted by molar-refractivity contribution is 5.87. The Labute approximate surface area is 182 Å². The van der Waals surface area contributed by atoms with Crippen LogP contribution >= 0.6 is 0 Å². The molecule has 2 aromatic rings. The number of fused-ring (bicyclic) bond motifs is 1. The third kappa shape index (κ3) is 4.89. The number of β-amino-alcohol motifs (C(OH)–C–C–N with tert-alkyl or cyclic N) is 1. The van der Waals surface area contributed by atoms with Crippen LogP contribution in [-0.2, 0) is 4.74 Å². The van der Waals surface area contributed by atoms with Crippen LogP contribution in [0.15, 0.2) is 30.6 Å². The van der Waals surface area contributed by atoms with Crippen molar-refractivity contribution in [1.29, 1.82) is 0 Å². The summed E-state index contributed by atoms with van der Waals surface area (Å²) < 4.78 is 5.03. The van der Waals surface area contributed by atoms with Crippen LogP contribution in [0.25, 0.3) is 11.0 Å². The second kappa shape index (κ2) is 8.94. The van der Waals surface area contributed by atoms with E-state index in [2.05, 4.69) is 20.2 Å². The van der Waals surface area contributed by atoms with Crippen molar-refractivity contribution in [2.24, 2.45) is 0 Å². The quantitative estimate of drug-likeness (QED) is 0.627. The van der Waals surface area contributed by atoms with E-state index in [4.69, 9.17) is 4.74 Å². The molecule has 9 heteroatoms. The van der Waals surface area contributed by atoms with Crippen molar-refractivity contribution in [3.8, 4) is 0 Å². The maximum atomic E-state index is 11.8. The van der Waals surface area contributed by atoms with E-state index >= 15 is 0 Å². The fourth-order valence-corrected chi connectivity index (χ4v) is 4.45. The monoisotopic (exact) mass is 429 g/mol. The molecule has 168 valence electrons. The maximum absolute atomic E-state index is 11.8. The lowest BCUT2D eigenvalue weighted by atomic mass is 9.91. The van der Waals surface area contributed by atoms with Crippen LogP contribution in [-0.4, -0.2) is 88.3 Å². The van der Waals surface area contributed by atoms with Gasteiger partial charge in [0.2, 0.25) is 0 Å². The maximum Gasteiger partial charge on any atom is 0.409 e. The number of rotatable bonds is 6. The topological polar surface area (TPSA) is 111 Å². The number of hydrogen-bond acceptors (Lipinski definition) is 8. The van der Waals surface area contributed by atoms with Crippen LogP contribution in [0.4, 0.5) is 10.5 Å². The molecule has 4 heterocycles. The molecule has 2 fully saturated rings. The predicted molar refractivity (Wildman–Crippen MR) is 117 cm³/mol. The summed E-state index contributed by atoms with van der Waals surface area (Å²) in [5.41, 5.74) is 0.885. The summed E-state index contributed by atoms with van der Waals surface area (Å²) >= 11 is 0. The molecule has 1 amide bonds. The number of pyridine rings is 2. The van der Waals surface area contributed by atoms with Crippen molar-refractivity contribution >= 4 is 22.8 Å². The lowest BCUT2D eigenvalue weighted by molar-refractivity contribution is -0.0235. The molecule has 0 aliphatic carbocycles. The molecular formula is C22H31N5O4. The highest BCUT2D eigenvalue weighted by Crippen LogP contribution is 2.30. The molecule has 4 rings (SSSR count). The first-order valence-electron chi connectivity index (χ1n) is 10.9. The molecule has 0 radical (unpaired) electrons. The summed E-state index contributed by atoms with van der Waals surface area (Å²) in [5, 5.41) is 25.2. The number of carbonyl (C=O) groups is 1. The molecule has 2 aromatic heterocycles. The third-order valence-corrected chi connectivity index (χ3v) is 6.28. The Bertz CT molecular complexity index is 912. The van der Waals surface area contributed by atoms with Crippen molar-refractivity contribution in [2.75, 3.05) is 50.8 Å². The van der Waals surface area contributed by atoms with Gasteiger partial charge in [0.15, 0.2) is 0 Å². The SMILES string of the molecule is CCOC(=O)N1CCC(O)(CNC[C@@]2(O)CCN(c3ccnc4cccnc34)C2)CC1. The van der Waals surface area contributed by atoms with Crippen LogP contribution in [0, 0.1) is 0 Å². The fraction of sp³-hybridized carbons (Fsp3) is 0.591. The van der Waals surface area contributed by atoms with Crippen molar-refractivity contribution in [1.82, 2.24) is 20.2 Å².